The Kier molecular flexibility index (Phi) is 7.92. The van der Waals surface area contributed by atoms with Crippen LogP contribution in [0.1, 0.15) is 27.0 Å². The lowest BCUT2D eigenvalue weighted by atomic mass is 9.97. The number of hydrogen-bond donors (Lipinski definition) is 3. The highest BCUT2D eigenvalue weighted by Crippen LogP contribution is 2.39. The Bertz CT molecular complexity index is 1350. The van der Waals surface area contributed by atoms with Crippen molar-refractivity contribution < 1.29 is 19.2 Å². The molecule has 1 atom stereocenters. The van der Waals surface area contributed by atoms with Crippen molar-refractivity contribution in [2.75, 3.05) is 50.0 Å². The maximum atomic E-state index is 13.2. The number of carbonyl (C=O) groups is 2. The van der Waals surface area contributed by atoms with Crippen LogP contribution in [0.2, 0.25) is 0 Å². The number of aldehydes is 1. The van der Waals surface area contributed by atoms with E-state index in [1.54, 1.807) is 6.07 Å². The lowest BCUT2D eigenvalue weighted by molar-refractivity contribution is -0.110. The molecule has 196 valence electrons. The van der Waals surface area contributed by atoms with Crippen LogP contribution in [0.25, 0.3) is 11.3 Å². The largest absolute Gasteiger partial charge is 0.593 e. The summed E-state index contributed by atoms with van der Waals surface area (Å²) in [7, 11) is 0. The molecule has 2 heterocycles. The van der Waals surface area contributed by atoms with Gasteiger partial charge in [-0.3, -0.25) is 14.5 Å². The van der Waals surface area contributed by atoms with Crippen molar-refractivity contribution in [2.45, 2.75) is 11.8 Å². The van der Waals surface area contributed by atoms with Gasteiger partial charge in [0, 0.05) is 42.1 Å². The summed E-state index contributed by atoms with van der Waals surface area (Å²) in [6.45, 7) is 5.53. The summed E-state index contributed by atoms with van der Waals surface area (Å²) in [4.78, 5) is 27.5. The van der Waals surface area contributed by atoms with E-state index in [4.69, 9.17) is 5.11 Å². The van der Waals surface area contributed by atoms with Gasteiger partial charge in [0.15, 0.2) is 4.90 Å². The molecule has 1 fully saturated rings. The summed E-state index contributed by atoms with van der Waals surface area (Å²) in [5, 5.41) is 15.5. The van der Waals surface area contributed by atoms with Gasteiger partial charge in [-0.15, -0.1) is 4.31 Å². The first-order valence-corrected chi connectivity index (χ1v) is 13.7. The molecule has 0 aliphatic carbocycles. The average Bonchev–Trinajstić information content (AvgIpc) is 3.26. The van der Waals surface area contributed by atoms with Gasteiger partial charge in [0.25, 0.3) is 5.91 Å². The molecule has 9 heteroatoms. The number of aliphatic hydroxyl groups excluding tert-OH is 1. The molecule has 0 saturated carbocycles. The van der Waals surface area contributed by atoms with Gasteiger partial charge in [-0.1, -0.05) is 30.3 Å². The van der Waals surface area contributed by atoms with E-state index in [1.165, 1.54) is 0 Å². The third kappa shape index (κ3) is 5.38. The second kappa shape index (κ2) is 11.5. The van der Waals surface area contributed by atoms with Crippen molar-refractivity contribution in [3.63, 3.8) is 0 Å². The molecule has 3 aromatic carbocycles. The zero-order valence-electron chi connectivity index (χ0n) is 21.1. The molecule has 2 aliphatic rings. The molecule has 1 unspecified atom stereocenters. The number of carbonyl (C=O) groups excluding carboxylic acids is 2. The number of benzene rings is 3. The summed E-state index contributed by atoms with van der Waals surface area (Å²) >= 11 is -1.28. The molecule has 0 aromatic heterocycles. The van der Waals surface area contributed by atoms with E-state index in [0.29, 0.717) is 47.1 Å². The fourth-order valence-corrected chi connectivity index (χ4v) is 5.97. The molecule has 2 aliphatic heterocycles. The molecule has 8 nitrogen and oxygen atoms in total. The number of amides is 1. The topological polar surface area (TPSA) is 108 Å². The van der Waals surface area contributed by atoms with Crippen molar-refractivity contribution in [2.24, 2.45) is 0 Å². The molecule has 3 aromatic rings. The Labute approximate surface area is 225 Å². The van der Waals surface area contributed by atoms with E-state index in [2.05, 4.69) is 15.5 Å². The number of nitrogens with zero attached hydrogens (tertiary/aromatic N) is 2. The van der Waals surface area contributed by atoms with Gasteiger partial charge in [0.2, 0.25) is 0 Å². The van der Waals surface area contributed by atoms with Crippen LogP contribution in [-0.2, 0) is 16.2 Å². The first-order chi connectivity index (χ1) is 18.5. The number of nitrogens with one attached hydrogen (secondary N) is 2. The van der Waals surface area contributed by atoms with E-state index in [1.807, 2.05) is 71.9 Å². The molecule has 0 spiro atoms. The number of fused-ring (bicyclic) bond motifs is 1. The highest BCUT2D eigenvalue weighted by Gasteiger charge is 2.30. The van der Waals surface area contributed by atoms with Crippen LogP contribution in [-0.4, -0.2) is 70.4 Å². The predicted octanol–water partition coefficient (Wildman–Crippen LogP) is 3.37. The third-order valence-electron chi connectivity index (χ3n) is 6.90. The molecular formula is C29H30N4O4S. The van der Waals surface area contributed by atoms with E-state index in [9.17, 15) is 14.1 Å². The van der Waals surface area contributed by atoms with Crippen LogP contribution in [0, 0.1) is 6.92 Å². The zero-order valence-corrected chi connectivity index (χ0v) is 22.0. The Hall–Kier alpha value is -3.47. The van der Waals surface area contributed by atoms with Crippen molar-refractivity contribution >= 4 is 46.2 Å². The number of β-amino-alcohol motifs (C(OH)–C–C–N with tert-alkyl or cyclic N) is 1. The van der Waals surface area contributed by atoms with Gasteiger partial charge >= 0.3 is 0 Å². The quantitative estimate of drug-likeness (QED) is 0.233. The molecule has 1 amide bonds. The van der Waals surface area contributed by atoms with Crippen LogP contribution < -0.4 is 10.6 Å². The fourth-order valence-electron chi connectivity index (χ4n) is 4.81. The van der Waals surface area contributed by atoms with E-state index < -0.39 is 11.4 Å². The molecular weight excluding hydrogens is 500 g/mol. The van der Waals surface area contributed by atoms with Gasteiger partial charge in [0.1, 0.15) is 6.29 Å². The van der Waals surface area contributed by atoms with E-state index in [0.717, 1.165) is 41.8 Å². The first-order valence-electron chi connectivity index (χ1n) is 12.6. The lowest BCUT2D eigenvalue weighted by Crippen LogP contribution is -2.49. The smallest absolute Gasteiger partial charge is 0.258 e. The lowest BCUT2D eigenvalue weighted by Gasteiger charge is -2.33. The Morgan fingerprint density at radius 2 is 1.79 bits per heavy atom. The van der Waals surface area contributed by atoms with Gasteiger partial charge in [-0.2, -0.15) is 0 Å². The summed E-state index contributed by atoms with van der Waals surface area (Å²) in [5.74, 6) is -0.244. The minimum Gasteiger partial charge on any atom is -0.593 e. The highest BCUT2D eigenvalue weighted by atomic mass is 32.2. The van der Waals surface area contributed by atoms with Crippen molar-refractivity contribution in [1.29, 1.82) is 0 Å². The maximum Gasteiger partial charge on any atom is 0.258 e. The van der Waals surface area contributed by atoms with Crippen LogP contribution >= 0.6 is 0 Å². The van der Waals surface area contributed by atoms with Gasteiger partial charge in [-0.25, -0.2) is 0 Å². The van der Waals surface area contributed by atoms with Crippen LogP contribution in [0.3, 0.4) is 0 Å². The molecule has 0 radical (unpaired) electrons. The number of piperazine rings is 1. The third-order valence-corrected chi connectivity index (χ3v) is 8.41. The summed E-state index contributed by atoms with van der Waals surface area (Å²) in [6.07, 6.45) is 0.792. The van der Waals surface area contributed by atoms with Crippen LogP contribution in [0.15, 0.2) is 71.6 Å². The summed E-state index contributed by atoms with van der Waals surface area (Å²) in [6, 6.07) is 20.6. The van der Waals surface area contributed by atoms with Gasteiger partial charge in [0.05, 0.1) is 42.3 Å². The SMILES string of the molecule is Cc1cc2c(cc1C=O)NC(=O)/C2=C(\Nc1ccc([S+]([O-])N2CCN(CCO)CC2)cc1)c1ccccc1. The number of rotatable bonds is 8. The van der Waals surface area contributed by atoms with E-state index in [-0.39, 0.29) is 12.5 Å². The van der Waals surface area contributed by atoms with Crippen molar-refractivity contribution in [1.82, 2.24) is 9.21 Å². The Morgan fingerprint density at radius 3 is 2.45 bits per heavy atom. The monoisotopic (exact) mass is 530 g/mol. The van der Waals surface area contributed by atoms with Crippen LogP contribution in [0.4, 0.5) is 11.4 Å². The minimum absolute atomic E-state index is 0.130. The number of aliphatic hydroxyl groups is 1. The normalized spacial score (nSPS) is 18.0. The summed E-state index contributed by atoms with van der Waals surface area (Å²) < 4.78 is 15.1. The molecule has 3 N–H and O–H groups in total. The second-order valence-corrected chi connectivity index (χ2v) is 10.8. The molecule has 38 heavy (non-hydrogen) atoms. The molecule has 1 saturated heterocycles. The molecule has 5 rings (SSSR count). The first kappa shape index (κ1) is 26.1. The minimum atomic E-state index is -1.28. The van der Waals surface area contributed by atoms with Crippen molar-refractivity contribution in [3.8, 4) is 0 Å². The predicted molar refractivity (Wildman–Crippen MR) is 150 cm³/mol. The zero-order chi connectivity index (χ0) is 26.6. The average molecular weight is 531 g/mol. The van der Waals surface area contributed by atoms with Gasteiger partial charge < -0.3 is 20.3 Å². The van der Waals surface area contributed by atoms with Crippen LogP contribution in [0.5, 0.6) is 0 Å². The number of aryl methyl sites for hydroxylation is 1. The standard InChI is InChI=1S/C29H30N4O4S/c1-20-17-25-26(18-22(20)19-35)31-29(36)27(25)28(21-5-3-2-4-6-21)30-23-7-9-24(10-8-23)38(37)33-13-11-32(12-14-33)15-16-34/h2-10,17-19,30,34H,11-16H2,1H3,(H,31,36)/b28-27-. The highest BCUT2D eigenvalue weighted by molar-refractivity contribution is 7.89. The Morgan fingerprint density at radius 1 is 1.08 bits per heavy atom. The second-order valence-electron chi connectivity index (χ2n) is 9.34. The fraction of sp³-hybridized carbons (Fsp3) is 0.241. The van der Waals surface area contributed by atoms with Gasteiger partial charge in [-0.05, 0) is 54.4 Å². The van der Waals surface area contributed by atoms with E-state index >= 15 is 0 Å². The molecule has 0 bridgehead atoms. The number of hydrogen-bond acceptors (Lipinski definition) is 7. The van der Waals surface area contributed by atoms with Crippen molar-refractivity contribution in [3.05, 3.63) is 89.0 Å². The maximum absolute atomic E-state index is 13.2. The Balaban J connectivity index is 1.43. The number of anilines is 2. The summed E-state index contributed by atoms with van der Waals surface area (Å²) in [5.41, 5.74) is 5.43.